The number of rotatable bonds is 9. The Balaban J connectivity index is 1.09. The molecule has 2 atom stereocenters. The molecule has 1 amide bonds. The highest BCUT2D eigenvalue weighted by atomic mass is 19.3. The molecule has 1 N–H and O–H groups in total. The van der Waals surface area contributed by atoms with E-state index < -0.39 is 18.5 Å². The van der Waals surface area contributed by atoms with Crippen LogP contribution in [0.1, 0.15) is 41.5 Å². The van der Waals surface area contributed by atoms with Crippen LogP contribution in [0.3, 0.4) is 0 Å². The second-order valence-corrected chi connectivity index (χ2v) is 14.2. The zero-order valence-electron chi connectivity index (χ0n) is 30.2. The third-order valence-electron chi connectivity index (χ3n) is 10.9. The van der Waals surface area contributed by atoms with Crippen LogP contribution < -0.4 is 25.2 Å². The molecule has 0 bridgehead atoms. The number of pyridine rings is 1. The maximum Gasteiger partial charge on any atom is 0.275 e. The van der Waals surface area contributed by atoms with Gasteiger partial charge in [-0.3, -0.25) is 19.4 Å². The number of amides is 1. The van der Waals surface area contributed by atoms with Gasteiger partial charge in [0.25, 0.3) is 11.5 Å². The fraction of sp³-hybridized carbons (Fsp3) is 0.487. The zero-order chi connectivity index (χ0) is 36.6. The van der Waals surface area contributed by atoms with E-state index in [1.807, 2.05) is 34.9 Å². The zero-order valence-corrected chi connectivity index (χ0v) is 30.2. The molecule has 3 aromatic rings. The Labute approximate surface area is 297 Å². The van der Waals surface area contributed by atoms with Gasteiger partial charge in [0.1, 0.15) is 17.3 Å². The van der Waals surface area contributed by atoms with Crippen LogP contribution in [0, 0.1) is 25.6 Å². The number of hydrogen-bond acceptors (Lipinski definition) is 7. The molecular weight excluding hydrogens is 659 g/mol. The number of carbonyl (C=O) groups is 1. The largest absolute Gasteiger partial charge is 0.496 e. The summed E-state index contributed by atoms with van der Waals surface area (Å²) >= 11 is 0. The minimum Gasteiger partial charge on any atom is -0.496 e. The number of piperazine rings is 1. The molecule has 4 heterocycles. The lowest BCUT2D eigenvalue weighted by molar-refractivity contribution is -0.129. The van der Waals surface area contributed by atoms with E-state index in [9.17, 15) is 9.59 Å². The number of nitrogens with one attached hydrogen (secondary N) is 1. The van der Waals surface area contributed by atoms with Crippen LogP contribution in [0.4, 0.5) is 18.9 Å². The van der Waals surface area contributed by atoms with E-state index in [4.69, 9.17) is 9.47 Å². The highest BCUT2D eigenvalue weighted by Gasteiger charge is 2.48. The molecule has 274 valence electrons. The number of allylic oxidation sites excluding steroid dienone is 1. The van der Waals surface area contributed by atoms with Crippen LogP contribution in [0.2, 0.25) is 0 Å². The summed E-state index contributed by atoms with van der Waals surface area (Å²) in [5.74, 6) is -2.56. The predicted octanol–water partition coefficient (Wildman–Crippen LogP) is 5.44. The number of nitrogens with zero attached hydrogens (tertiary/aromatic N) is 4. The maximum absolute atomic E-state index is 15.9. The van der Waals surface area contributed by atoms with Crippen LogP contribution >= 0.6 is 0 Å². The third-order valence-corrected chi connectivity index (χ3v) is 10.9. The minimum atomic E-state index is -2.96. The van der Waals surface area contributed by atoms with Crippen LogP contribution in [0.25, 0.3) is 11.1 Å². The van der Waals surface area contributed by atoms with Crippen molar-refractivity contribution >= 4 is 11.6 Å². The Bertz CT molecular complexity index is 1840. The molecule has 9 nitrogen and oxygen atoms in total. The number of aryl methyl sites for hydroxylation is 1. The summed E-state index contributed by atoms with van der Waals surface area (Å²) in [6.07, 6.45) is 3.94. The summed E-state index contributed by atoms with van der Waals surface area (Å²) in [6.45, 7) is 9.49. The molecule has 0 aliphatic carbocycles. The van der Waals surface area contributed by atoms with Gasteiger partial charge in [0.2, 0.25) is 5.91 Å². The lowest BCUT2D eigenvalue weighted by atomic mass is 9.90. The molecule has 0 saturated carbocycles. The van der Waals surface area contributed by atoms with E-state index in [2.05, 4.69) is 11.9 Å². The molecule has 0 unspecified atom stereocenters. The normalized spacial score (nSPS) is 21.5. The maximum atomic E-state index is 15.9. The van der Waals surface area contributed by atoms with Crippen molar-refractivity contribution in [2.45, 2.75) is 58.0 Å². The van der Waals surface area contributed by atoms with Gasteiger partial charge in [-0.1, -0.05) is 12.6 Å². The number of carbonyl (C=O) groups excluding carboxylic acids is 1. The average molecular weight is 708 g/mol. The molecule has 3 saturated heterocycles. The van der Waals surface area contributed by atoms with Gasteiger partial charge in [0, 0.05) is 75.3 Å². The van der Waals surface area contributed by atoms with Gasteiger partial charge in [0.15, 0.2) is 0 Å². The molecule has 6 rings (SSSR count). The SMILES string of the molecule is C=C1CC[C@H](Cc2ccc(N3CCN([C@H]4CCN(Cc5c(OC)cc(-c6cn(C)c(=O)c(C)c6C)cc5OC)CC4(F)F)CC3)c(F)c2)C(=O)N1. The quantitative estimate of drug-likeness (QED) is 0.318. The number of aromatic nitrogens is 1. The van der Waals surface area contributed by atoms with Crippen LogP contribution in [-0.2, 0) is 24.8 Å². The Kier molecular flexibility index (Phi) is 10.6. The van der Waals surface area contributed by atoms with Crippen molar-refractivity contribution in [1.29, 1.82) is 0 Å². The summed E-state index contributed by atoms with van der Waals surface area (Å²) in [7, 11) is 4.82. The summed E-state index contributed by atoms with van der Waals surface area (Å²) in [4.78, 5) is 30.3. The first-order chi connectivity index (χ1) is 24.3. The highest BCUT2D eigenvalue weighted by molar-refractivity contribution is 5.81. The molecule has 12 heteroatoms. The van der Waals surface area contributed by atoms with E-state index in [0.717, 1.165) is 28.7 Å². The molecular formula is C39H48F3N5O4. The van der Waals surface area contributed by atoms with E-state index >= 15 is 13.2 Å². The fourth-order valence-corrected chi connectivity index (χ4v) is 7.88. The van der Waals surface area contributed by atoms with Crippen molar-refractivity contribution in [3.05, 3.63) is 87.2 Å². The van der Waals surface area contributed by atoms with Gasteiger partial charge in [0.05, 0.1) is 38.1 Å². The Hall–Kier alpha value is -4.29. The van der Waals surface area contributed by atoms with Crippen molar-refractivity contribution in [3.8, 4) is 22.6 Å². The fourth-order valence-electron chi connectivity index (χ4n) is 7.88. The number of piperidine rings is 2. The second kappa shape index (κ2) is 14.7. The first-order valence-electron chi connectivity index (χ1n) is 17.6. The number of alkyl halides is 2. The van der Waals surface area contributed by atoms with Gasteiger partial charge in [-0.25, -0.2) is 13.2 Å². The summed E-state index contributed by atoms with van der Waals surface area (Å²) in [5.41, 5.74) is 5.74. The molecule has 0 spiro atoms. The Morgan fingerprint density at radius 2 is 1.65 bits per heavy atom. The lowest BCUT2D eigenvalue weighted by Gasteiger charge is -2.46. The van der Waals surface area contributed by atoms with Crippen LogP contribution in [-0.4, -0.2) is 85.7 Å². The topological polar surface area (TPSA) is 79.3 Å². The average Bonchev–Trinajstić information content (AvgIpc) is 3.10. The van der Waals surface area contributed by atoms with Crippen molar-refractivity contribution in [2.24, 2.45) is 13.0 Å². The van der Waals surface area contributed by atoms with Crippen LogP contribution in [0.5, 0.6) is 11.5 Å². The van der Waals surface area contributed by atoms with Gasteiger partial charge in [-0.2, -0.15) is 0 Å². The monoisotopic (exact) mass is 707 g/mol. The van der Waals surface area contributed by atoms with E-state index in [1.165, 1.54) is 6.07 Å². The summed E-state index contributed by atoms with van der Waals surface area (Å²) in [6, 6.07) is 7.92. The van der Waals surface area contributed by atoms with Crippen molar-refractivity contribution < 1.29 is 27.4 Å². The lowest BCUT2D eigenvalue weighted by Crippen LogP contribution is -2.61. The number of anilines is 1. The van der Waals surface area contributed by atoms with Crippen molar-refractivity contribution in [3.63, 3.8) is 0 Å². The van der Waals surface area contributed by atoms with Gasteiger partial charge in [-0.15, -0.1) is 0 Å². The number of ether oxygens (including phenoxy) is 2. The summed E-state index contributed by atoms with van der Waals surface area (Å²) in [5, 5.41) is 2.78. The number of hydrogen-bond donors (Lipinski definition) is 1. The minimum absolute atomic E-state index is 0.0621. The van der Waals surface area contributed by atoms with E-state index in [-0.39, 0.29) is 36.2 Å². The number of benzene rings is 2. The highest BCUT2D eigenvalue weighted by Crippen LogP contribution is 2.39. The van der Waals surface area contributed by atoms with Gasteiger partial charge in [-0.05, 0) is 80.5 Å². The smallest absolute Gasteiger partial charge is 0.275 e. The molecule has 51 heavy (non-hydrogen) atoms. The number of halogens is 3. The Morgan fingerprint density at radius 3 is 2.25 bits per heavy atom. The van der Waals surface area contributed by atoms with Gasteiger partial charge >= 0.3 is 0 Å². The number of likely N-dealkylation sites (tertiary alicyclic amines) is 1. The molecule has 1 aromatic heterocycles. The van der Waals surface area contributed by atoms with E-state index in [1.54, 1.807) is 49.9 Å². The van der Waals surface area contributed by atoms with Crippen molar-refractivity contribution in [1.82, 2.24) is 19.7 Å². The molecule has 2 aromatic carbocycles. The predicted molar refractivity (Wildman–Crippen MR) is 192 cm³/mol. The molecule has 3 fully saturated rings. The molecule has 3 aliphatic rings. The first-order valence-corrected chi connectivity index (χ1v) is 17.6. The third kappa shape index (κ3) is 7.53. The summed E-state index contributed by atoms with van der Waals surface area (Å²) < 4.78 is 60.2. The standard InChI is InChI=1S/C39H48F3N5O4/c1-24-7-9-28(37(48)43-24)17-27-8-10-33(32(40)18-27)46-13-15-47(16-14-46)36-11-12-45(23-39(36,41)42)22-31-34(50-5)19-29(20-35(31)51-6)30-21-44(4)38(49)26(3)25(30)2/h8,10,18-21,28,36H,1,7,9,11-17,22-23H2,2-6H3,(H,43,48)/t28-,36+/m1/s1. The van der Waals surface area contributed by atoms with Crippen LogP contribution in [0.15, 0.2) is 53.6 Å². The first kappa shape index (κ1) is 36.5. The number of methoxy groups -OCH3 is 2. The van der Waals surface area contributed by atoms with E-state index in [0.29, 0.717) is 79.6 Å². The van der Waals surface area contributed by atoms with Gasteiger partial charge < -0.3 is 24.3 Å². The Morgan fingerprint density at radius 1 is 0.961 bits per heavy atom. The van der Waals surface area contributed by atoms with Crippen molar-refractivity contribution in [2.75, 3.05) is 58.4 Å². The molecule has 3 aliphatic heterocycles. The second-order valence-electron chi connectivity index (χ2n) is 14.2. The molecule has 0 radical (unpaired) electrons.